The van der Waals surface area contributed by atoms with E-state index in [1.807, 2.05) is 0 Å². The van der Waals surface area contributed by atoms with E-state index in [2.05, 4.69) is 0 Å². The van der Waals surface area contributed by atoms with Gasteiger partial charge < -0.3 is 9.84 Å². The molecule has 0 bridgehead atoms. The predicted molar refractivity (Wildman–Crippen MR) is 60.0 cm³/mol. The van der Waals surface area contributed by atoms with Crippen LogP contribution in [0.25, 0.3) is 0 Å². The molecule has 1 saturated heterocycles. The van der Waals surface area contributed by atoms with Gasteiger partial charge in [0.15, 0.2) is 0 Å². The van der Waals surface area contributed by atoms with Crippen molar-refractivity contribution in [2.75, 3.05) is 6.61 Å². The number of aliphatic hydroxyl groups excluding tert-OH is 1. The van der Waals surface area contributed by atoms with Crippen LogP contribution < -0.4 is 0 Å². The fraction of sp³-hybridized carbons (Fsp3) is 0.538. The number of alkyl halides is 3. The minimum Gasteiger partial charge on any atom is -0.393 e. The molecule has 2 unspecified atom stereocenters. The van der Waals surface area contributed by atoms with Crippen molar-refractivity contribution >= 4 is 0 Å². The Morgan fingerprint density at radius 2 is 1.94 bits per heavy atom. The minimum atomic E-state index is -4.31. The number of hydrogen-bond donors (Lipinski definition) is 1. The summed E-state index contributed by atoms with van der Waals surface area (Å²) in [6, 6.07) is 5.01. The highest BCUT2D eigenvalue weighted by atomic mass is 19.4. The van der Waals surface area contributed by atoms with Crippen LogP contribution in [-0.2, 0) is 10.9 Å². The summed E-state index contributed by atoms with van der Waals surface area (Å²) in [5, 5.41) is 9.17. The molecule has 100 valence electrons. The monoisotopic (exact) mass is 260 g/mol. The van der Waals surface area contributed by atoms with E-state index in [4.69, 9.17) is 9.84 Å². The molecule has 1 fully saturated rings. The summed E-state index contributed by atoms with van der Waals surface area (Å²) in [5.41, 5.74) is -0.512. The van der Waals surface area contributed by atoms with Gasteiger partial charge >= 0.3 is 6.18 Å². The summed E-state index contributed by atoms with van der Waals surface area (Å²) >= 11 is 0. The zero-order chi connectivity index (χ0) is 13.4. The lowest BCUT2D eigenvalue weighted by atomic mass is 10.0. The SMILES string of the molecule is CC1(CO)CCC(c2ccc(C(F)(F)F)cc2)O1. The number of rotatable bonds is 2. The van der Waals surface area contributed by atoms with Crippen molar-refractivity contribution in [2.24, 2.45) is 0 Å². The first-order chi connectivity index (χ1) is 8.34. The molecule has 2 nitrogen and oxygen atoms in total. The Bertz CT molecular complexity index is 413. The van der Waals surface area contributed by atoms with E-state index in [9.17, 15) is 13.2 Å². The van der Waals surface area contributed by atoms with Crippen molar-refractivity contribution in [3.63, 3.8) is 0 Å². The van der Waals surface area contributed by atoms with Crippen molar-refractivity contribution in [1.82, 2.24) is 0 Å². The van der Waals surface area contributed by atoms with Gasteiger partial charge in [-0.25, -0.2) is 0 Å². The molecular formula is C13H15F3O2. The van der Waals surface area contributed by atoms with Crippen LogP contribution in [-0.4, -0.2) is 17.3 Å². The smallest absolute Gasteiger partial charge is 0.393 e. The van der Waals surface area contributed by atoms with Crippen LogP contribution in [0.4, 0.5) is 13.2 Å². The number of halogens is 3. The molecule has 1 aromatic carbocycles. The molecule has 1 N–H and O–H groups in total. The molecule has 1 aromatic rings. The topological polar surface area (TPSA) is 29.5 Å². The Morgan fingerprint density at radius 1 is 1.33 bits per heavy atom. The van der Waals surface area contributed by atoms with E-state index in [0.29, 0.717) is 12.8 Å². The van der Waals surface area contributed by atoms with Crippen LogP contribution in [0.2, 0.25) is 0 Å². The van der Waals surface area contributed by atoms with E-state index < -0.39 is 17.3 Å². The molecule has 0 amide bonds. The van der Waals surface area contributed by atoms with Crippen LogP contribution >= 0.6 is 0 Å². The zero-order valence-electron chi connectivity index (χ0n) is 10.00. The van der Waals surface area contributed by atoms with Crippen molar-refractivity contribution in [3.05, 3.63) is 35.4 Å². The summed E-state index contributed by atoms with van der Waals surface area (Å²) in [7, 11) is 0. The highest BCUT2D eigenvalue weighted by molar-refractivity contribution is 5.26. The van der Waals surface area contributed by atoms with Crippen LogP contribution in [0.1, 0.15) is 37.0 Å². The maximum atomic E-state index is 12.4. The van der Waals surface area contributed by atoms with Crippen molar-refractivity contribution in [2.45, 2.75) is 37.6 Å². The predicted octanol–water partition coefficient (Wildman–Crippen LogP) is 3.31. The van der Waals surface area contributed by atoms with Crippen molar-refractivity contribution < 1.29 is 23.0 Å². The van der Waals surface area contributed by atoms with Crippen molar-refractivity contribution in [1.29, 1.82) is 0 Å². The number of hydrogen-bond acceptors (Lipinski definition) is 2. The van der Waals surface area contributed by atoms with Gasteiger partial charge in [0.2, 0.25) is 0 Å². The average Bonchev–Trinajstić information content (AvgIpc) is 2.72. The Morgan fingerprint density at radius 3 is 2.39 bits per heavy atom. The largest absolute Gasteiger partial charge is 0.416 e. The molecule has 0 aromatic heterocycles. The lowest BCUT2D eigenvalue weighted by Gasteiger charge is -2.22. The standard InChI is InChI=1S/C13H15F3O2/c1-12(8-17)7-6-11(18-12)9-2-4-10(5-3-9)13(14,15)16/h2-5,11,17H,6-8H2,1H3. The van der Waals surface area contributed by atoms with Crippen LogP contribution in [0.3, 0.4) is 0 Å². The van der Waals surface area contributed by atoms with Gasteiger partial charge in [0.05, 0.1) is 23.9 Å². The van der Waals surface area contributed by atoms with Crippen LogP contribution in [0, 0.1) is 0 Å². The normalized spacial score (nSPS) is 28.6. The van der Waals surface area contributed by atoms with Crippen molar-refractivity contribution in [3.8, 4) is 0 Å². The first kappa shape index (κ1) is 13.4. The maximum absolute atomic E-state index is 12.4. The van der Waals surface area contributed by atoms with Gasteiger partial charge in [0.25, 0.3) is 0 Å². The third kappa shape index (κ3) is 2.67. The first-order valence-electron chi connectivity index (χ1n) is 5.80. The quantitative estimate of drug-likeness (QED) is 0.884. The van der Waals surface area contributed by atoms with Gasteiger partial charge in [0.1, 0.15) is 0 Å². The number of aliphatic hydroxyl groups is 1. The molecule has 1 aliphatic rings. The summed E-state index contributed by atoms with van der Waals surface area (Å²) in [6.45, 7) is 1.72. The van der Waals surface area contributed by atoms with Crippen LogP contribution in [0.5, 0.6) is 0 Å². The van der Waals surface area contributed by atoms with E-state index >= 15 is 0 Å². The molecule has 2 rings (SSSR count). The Labute approximate surface area is 103 Å². The summed E-state index contributed by atoms with van der Waals surface area (Å²) in [5.74, 6) is 0. The van der Waals surface area contributed by atoms with E-state index in [1.165, 1.54) is 12.1 Å². The van der Waals surface area contributed by atoms with Gasteiger partial charge in [0, 0.05) is 0 Å². The summed E-state index contributed by atoms with van der Waals surface area (Å²) < 4.78 is 42.9. The Balaban J connectivity index is 2.12. The van der Waals surface area contributed by atoms with Gasteiger partial charge in [-0.3, -0.25) is 0 Å². The molecule has 0 radical (unpaired) electrons. The lowest BCUT2D eigenvalue weighted by Crippen LogP contribution is -2.28. The molecule has 0 aliphatic carbocycles. The second kappa shape index (κ2) is 4.55. The Kier molecular flexibility index (Phi) is 3.38. The molecule has 1 aliphatic heterocycles. The molecule has 1 heterocycles. The van der Waals surface area contributed by atoms with Crippen LogP contribution in [0.15, 0.2) is 24.3 Å². The highest BCUT2D eigenvalue weighted by Crippen LogP contribution is 2.39. The van der Waals surface area contributed by atoms with Gasteiger partial charge in [-0.05, 0) is 37.5 Å². The summed E-state index contributed by atoms with van der Waals surface area (Å²) in [6.07, 6.45) is -3.13. The fourth-order valence-electron chi connectivity index (χ4n) is 2.14. The molecule has 2 atom stereocenters. The average molecular weight is 260 g/mol. The van der Waals surface area contributed by atoms with Gasteiger partial charge in [-0.2, -0.15) is 13.2 Å². The molecule has 18 heavy (non-hydrogen) atoms. The van der Waals surface area contributed by atoms with E-state index in [0.717, 1.165) is 17.7 Å². The third-order valence-corrected chi connectivity index (χ3v) is 3.31. The second-order valence-corrected chi connectivity index (χ2v) is 4.87. The third-order valence-electron chi connectivity index (χ3n) is 3.31. The first-order valence-corrected chi connectivity index (χ1v) is 5.80. The molecule has 0 saturated carbocycles. The zero-order valence-corrected chi connectivity index (χ0v) is 10.00. The molecule has 0 spiro atoms. The lowest BCUT2D eigenvalue weighted by molar-refractivity contribution is -0.137. The van der Waals surface area contributed by atoms with E-state index in [-0.39, 0.29) is 12.7 Å². The molecular weight excluding hydrogens is 245 g/mol. The number of benzene rings is 1. The molecule has 5 heteroatoms. The van der Waals surface area contributed by atoms with Gasteiger partial charge in [-0.1, -0.05) is 12.1 Å². The number of ether oxygens (including phenoxy) is 1. The Hall–Kier alpha value is -1.07. The van der Waals surface area contributed by atoms with E-state index in [1.54, 1.807) is 6.92 Å². The highest BCUT2D eigenvalue weighted by Gasteiger charge is 2.36. The fourth-order valence-corrected chi connectivity index (χ4v) is 2.14. The maximum Gasteiger partial charge on any atom is 0.416 e. The minimum absolute atomic E-state index is 0.0792. The van der Waals surface area contributed by atoms with Gasteiger partial charge in [-0.15, -0.1) is 0 Å². The second-order valence-electron chi connectivity index (χ2n) is 4.87. The summed E-state index contributed by atoms with van der Waals surface area (Å²) in [4.78, 5) is 0.